The molecule has 6 unspecified atom stereocenters. The van der Waals surface area contributed by atoms with Crippen LogP contribution in [0.4, 0.5) is 0 Å². The highest BCUT2D eigenvalue weighted by Gasteiger charge is 2.64. The van der Waals surface area contributed by atoms with Crippen LogP contribution in [0.2, 0.25) is 0 Å². The van der Waals surface area contributed by atoms with Gasteiger partial charge in [0.15, 0.2) is 5.76 Å². The number of esters is 2. The highest BCUT2D eigenvalue weighted by Crippen LogP contribution is 2.63. The van der Waals surface area contributed by atoms with E-state index in [4.69, 9.17) is 14.2 Å². The van der Waals surface area contributed by atoms with Gasteiger partial charge in [-0.2, -0.15) is 0 Å². The zero-order valence-corrected chi connectivity index (χ0v) is 26.4. The SMILES string of the molecule is COCC1OC(=O)C(=CN(C)CCCN2CCN(C)CC2)C2=C(O)C(=O)C3=C(C(OC(C)=O)CC4(C)C(O)CCC34)C21C. The number of aliphatic hydroxyl groups excluding tert-OH is 2. The molecule has 11 heteroatoms. The standard InChI is InChI=1S/C32H47N3O8/c1-19(36)42-22-16-31(2)21(8-9-23(31)37)25-27(22)32(3)24(18-41-6)43-30(40)20(26(32)29(39)28(25)38)17-34(5)10-7-11-35-14-12-33(4)13-15-35/h17,21-24,37,39H,7-16,18H2,1-6H3. The molecule has 238 valence electrons. The fraction of sp³-hybridized carbons (Fsp3) is 0.719. The quantitative estimate of drug-likeness (QED) is 0.312. The van der Waals surface area contributed by atoms with Gasteiger partial charge in [0.2, 0.25) is 5.78 Å². The molecule has 0 radical (unpaired) electrons. The van der Waals surface area contributed by atoms with E-state index in [-0.39, 0.29) is 23.7 Å². The third kappa shape index (κ3) is 5.43. The van der Waals surface area contributed by atoms with Gasteiger partial charge in [-0.25, -0.2) is 4.79 Å². The van der Waals surface area contributed by atoms with E-state index in [0.717, 1.165) is 39.1 Å². The number of methoxy groups -OCH3 is 1. The first-order valence-electron chi connectivity index (χ1n) is 15.4. The Morgan fingerprint density at radius 3 is 2.53 bits per heavy atom. The average Bonchev–Trinajstić information content (AvgIpc) is 3.23. The monoisotopic (exact) mass is 601 g/mol. The lowest BCUT2D eigenvalue weighted by atomic mass is 9.53. The van der Waals surface area contributed by atoms with Crippen LogP contribution in [0.3, 0.4) is 0 Å². The molecule has 5 rings (SSSR count). The van der Waals surface area contributed by atoms with Gasteiger partial charge in [-0.3, -0.25) is 9.59 Å². The summed E-state index contributed by atoms with van der Waals surface area (Å²) in [6.45, 7) is 10.8. The number of aliphatic hydroxyl groups is 2. The molecular weight excluding hydrogens is 554 g/mol. The van der Waals surface area contributed by atoms with Crippen molar-refractivity contribution in [3.8, 4) is 0 Å². The second-order valence-corrected chi connectivity index (χ2v) is 13.4. The number of hydrogen-bond donors (Lipinski definition) is 2. The Morgan fingerprint density at radius 1 is 1.19 bits per heavy atom. The minimum atomic E-state index is -1.21. The van der Waals surface area contributed by atoms with Crippen LogP contribution >= 0.6 is 0 Å². The molecule has 2 aliphatic heterocycles. The normalized spacial score (nSPS) is 35.9. The number of Topliss-reactive ketones (excluding diaryl/α,β-unsaturated/α-hetero) is 1. The van der Waals surface area contributed by atoms with E-state index in [9.17, 15) is 24.6 Å². The van der Waals surface area contributed by atoms with Crippen LogP contribution in [0.5, 0.6) is 0 Å². The lowest BCUT2D eigenvalue weighted by Gasteiger charge is -2.54. The van der Waals surface area contributed by atoms with Gasteiger partial charge in [0.05, 0.1) is 23.7 Å². The molecular formula is C32H47N3O8. The van der Waals surface area contributed by atoms with Crippen molar-refractivity contribution in [2.24, 2.45) is 16.7 Å². The molecule has 6 atom stereocenters. The minimum absolute atomic E-state index is 0.00941. The van der Waals surface area contributed by atoms with Gasteiger partial charge in [0.1, 0.15) is 12.2 Å². The zero-order valence-electron chi connectivity index (χ0n) is 26.4. The number of allylic oxidation sites excluding steroid dienone is 1. The molecule has 0 bridgehead atoms. The molecule has 3 fully saturated rings. The molecule has 0 amide bonds. The number of ketones is 1. The number of hydrogen-bond acceptors (Lipinski definition) is 11. The van der Waals surface area contributed by atoms with Crippen LogP contribution in [-0.2, 0) is 28.6 Å². The number of nitrogens with zero attached hydrogens (tertiary/aromatic N) is 3. The van der Waals surface area contributed by atoms with Crippen molar-refractivity contribution in [2.45, 2.75) is 64.8 Å². The van der Waals surface area contributed by atoms with Crippen LogP contribution < -0.4 is 0 Å². The molecule has 5 aliphatic rings. The Hall–Kier alpha value is -2.73. The summed E-state index contributed by atoms with van der Waals surface area (Å²) < 4.78 is 17.4. The van der Waals surface area contributed by atoms with E-state index in [2.05, 4.69) is 16.8 Å². The maximum Gasteiger partial charge on any atom is 0.340 e. The lowest BCUT2D eigenvalue weighted by Crippen LogP contribution is -2.57. The van der Waals surface area contributed by atoms with E-state index >= 15 is 0 Å². The number of piperazine rings is 1. The first-order chi connectivity index (χ1) is 20.3. The zero-order chi connectivity index (χ0) is 31.3. The van der Waals surface area contributed by atoms with Crippen molar-refractivity contribution in [1.82, 2.24) is 14.7 Å². The summed E-state index contributed by atoms with van der Waals surface area (Å²) in [4.78, 5) is 46.7. The first-order valence-corrected chi connectivity index (χ1v) is 15.4. The molecule has 0 aromatic carbocycles. The maximum atomic E-state index is 14.1. The van der Waals surface area contributed by atoms with Gasteiger partial charge in [-0.15, -0.1) is 0 Å². The van der Waals surface area contributed by atoms with Crippen LogP contribution in [0.25, 0.3) is 0 Å². The van der Waals surface area contributed by atoms with E-state index in [1.165, 1.54) is 14.0 Å². The molecule has 1 saturated carbocycles. The van der Waals surface area contributed by atoms with Gasteiger partial charge in [0.25, 0.3) is 0 Å². The second kappa shape index (κ2) is 12.0. The number of rotatable bonds is 8. The Labute approximate surface area is 254 Å². The lowest BCUT2D eigenvalue weighted by molar-refractivity contribution is -0.161. The summed E-state index contributed by atoms with van der Waals surface area (Å²) in [5, 5.41) is 22.7. The molecule has 0 aromatic heterocycles. The van der Waals surface area contributed by atoms with Crippen molar-refractivity contribution in [1.29, 1.82) is 0 Å². The van der Waals surface area contributed by atoms with E-state index in [1.807, 2.05) is 25.8 Å². The predicted octanol–water partition coefficient (Wildman–Crippen LogP) is 1.82. The number of carbonyl (C=O) groups is 3. The van der Waals surface area contributed by atoms with Crippen molar-refractivity contribution in [3.63, 3.8) is 0 Å². The topological polar surface area (TPSA) is 129 Å². The van der Waals surface area contributed by atoms with Gasteiger partial charge in [-0.05, 0) is 57.7 Å². The molecule has 3 aliphatic carbocycles. The van der Waals surface area contributed by atoms with E-state index in [1.54, 1.807) is 6.20 Å². The van der Waals surface area contributed by atoms with Crippen LogP contribution in [-0.4, -0.2) is 128 Å². The number of ether oxygens (including phenoxy) is 3. The summed E-state index contributed by atoms with van der Waals surface area (Å²) in [6, 6.07) is 0. The summed E-state index contributed by atoms with van der Waals surface area (Å²) in [6.07, 6.45) is 1.47. The largest absolute Gasteiger partial charge is 0.504 e. The number of cyclic esters (lactones) is 1. The number of fused-ring (bicyclic) bond motifs is 4. The van der Waals surface area contributed by atoms with Crippen molar-refractivity contribution >= 4 is 17.7 Å². The Kier molecular flexibility index (Phi) is 8.83. The molecule has 0 spiro atoms. The summed E-state index contributed by atoms with van der Waals surface area (Å²) >= 11 is 0. The summed E-state index contributed by atoms with van der Waals surface area (Å²) in [5.74, 6) is -2.59. The average molecular weight is 602 g/mol. The number of carbonyl (C=O) groups excluding carboxylic acids is 3. The van der Waals surface area contributed by atoms with E-state index < -0.39 is 52.6 Å². The number of likely N-dealkylation sites (N-methyl/N-ethyl adjacent to an activating group) is 1. The third-order valence-electron chi connectivity index (χ3n) is 10.6. The second-order valence-electron chi connectivity index (χ2n) is 13.4. The molecule has 2 saturated heterocycles. The van der Waals surface area contributed by atoms with E-state index in [0.29, 0.717) is 37.0 Å². The molecule has 11 nitrogen and oxygen atoms in total. The third-order valence-corrected chi connectivity index (χ3v) is 10.6. The fourth-order valence-electron chi connectivity index (χ4n) is 8.17. The first kappa shape index (κ1) is 31.7. The molecule has 0 aromatic rings. The van der Waals surface area contributed by atoms with Crippen LogP contribution in [0.15, 0.2) is 34.3 Å². The smallest absolute Gasteiger partial charge is 0.340 e. The molecule has 2 heterocycles. The van der Waals surface area contributed by atoms with Gasteiger partial charge < -0.3 is 39.1 Å². The molecule has 2 N–H and O–H groups in total. The van der Waals surface area contributed by atoms with Crippen molar-refractivity contribution < 1.29 is 38.8 Å². The predicted molar refractivity (Wildman–Crippen MR) is 158 cm³/mol. The summed E-state index contributed by atoms with van der Waals surface area (Å²) in [7, 11) is 5.49. The Bertz CT molecular complexity index is 1250. The Balaban J connectivity index is 1.54. The Morgan fingerprint density at radius 2 is 1.88 bits per heavy atom. The maximum absolute atomic E-state index is 14.1. The minimum Gasteiger partial charge on any atom is -0.504 e. The van der Waals surface area contributed by atoms with Crippen LogP contribution in [0.1, 0.15) is 46.5 Å². The highest BCUT2D eigenvalue weighted by atomic mass is 16.6. The highest BCUT2D eigenvalue weighted by molar-refractivity contribution is 6.13. The molecule has 43 heavy (non-hydrogen) atoms. The van der Waals surface area contributed by atoms with Crippen LogP contribution in [0, 0.1) is 16.7 Å². The van der Waals surface area contributed by atoms with Crippen molar-refractivity contribution in [3.05, 3.63) is 34.3 Å². The van der Waals surface area contributed by atoms with Crippen molar-refractivity contribution in [2.75, 3.05) is 67.1 Å². The summed E-state index contributed by atoms with van der Waals surface area (Å²) in [5.41, 5.74) is -0.739. The van der Waals surface area contributed by atoms with Gasteiger partial charge in [0, 0.05) is 76.6 Å². The fourth-order valence-corrected chi connectivity index (χ4v) is 8.17. The van der Waals surface area contributed by atoms with Gasteiger partial charge in [-0.1, -0.05) is 6.92 Å². The van der Waals surface area contributed by atoms with Gasteiger partial charge >= 0.3 is 11.9 Å².